The first-order valence-electron chi connectivity index (χ1n) is 9.18. The van der Waals surface area contributed by atoms with Crippen LogP contribution in [0.2, 0.25) is 0 Å². The molecule has 4 heteroatoms. The van der Waals surface area contributed by atoms with Crippen LogP contribution in [0.5, 0.6) is 0 Å². The summed E-state index contributed by atoms with van der Waals surface area (Å²) < 4.78 is 0. The minimum Gasteiger partial charge on any atom is -0.238 e. The van der Waals surface area contributed by atoms with E-state index in [1.807, 2.05) is 24.3 Å². The van der Waals surface area contributed by atoms with Crippen molar-refractivity contribution in [2.45, 2.75) is 26.2 Å². The second-order valence-corrected chi connectivity index (χ2v) is 7.78. The first kappa shape index (κ1) is 17.8. The highest BCUT2D eigenvalue weighted by atomic mass is 15.0. The largest absolute Gasteiger partial charge is 0.238 e. The summed E-state index contributed by atoms with van der Waals surface area (Å²) in [6, 6.07) is 21.9. The molecule has 0 spiro atoms. The molecule has 1 heterocycles. The lowest BCUT2D eigenvalue weighted by atomic mass is 9.95. The van der Waals surface area contributed by atoms with Crippen molar-refractivity contribution in [3.8, 4) is 22.8 Å². The number of rotatable bonds is 2. The van der Waals surface area contributed by atoms with Gasteiger partial charge in [0, 0.05) is 16.5 Å². The SMILES string of the molecule is [C-]#[N+]c1ccc(-c2nc(-c3ccc4ccccc4c3)nc(C(C)(C)C)n2)cc1. The molecule has 0 aliphatic carbocycles. The summed E-state index contributed by atoms with van der Waals surface area (Å²) in [5, 5.41) is 2.34. The van der Waals surface area contributed by atoms with Gasteiger partial charge in [-0.05, 0) is 16.8 Å². The molecule has 28 heavy (non-hydrogen) atoms. The second-order valence-electron chi connectivity index (χ2n) is 7.78. The van der Waals surface area contributed by atoms with Crippen molar-refractivity contribution in [2.75, 3.05) is 0 Å². The van der Waals surface area contributed by atoms with E-state index in [1.165, 1.54) is 5.39 Å². The van der Waals surface area contributed by atoms with Crippen LogP contribution in [-0.2, 0) is 5.41 Å². The molecule has 0 saturated carbocycles. The molecule has 0 fully saturated rings. The number of nitrogens with zero attached hydrogens (tertiary/aromatic N) is 4. The summed E-state index contributed by atoms with van der Waals surface area (Å²) in [4.78, 5) is 17.7. The minimum absolute atomic E-state index is 0.209. The highest BCUT2D eigenvalue weighted by Crippen LogP contribution is 2.28. The zero-order chi connectivity index (χ0) is 19.7. The fourth-order valence-corrected chi connectivity index (χ4v) is 2.98. The van der Waals surface area contributed by atoms with Crippen LogP contribution in [0.25, 0.3) is 38.4 Å². The smallest absolute Gasteiger partial charge is 0.187 e. The second kappa shape index (κ2) is 6.86. The minimum atomic E-state index is -0.209. The molecule has 4 nitrogen and oxygen atoms in total. The Bertz CT molecular complexity index is 1200. The zero-order valence-electron chi connectivity index (χ0n) is 16.1. The molecular weight excluding hydrogens is 344 g/mol. The molecular formula is C24H20N4. The molecule has 0 saturated heterocycles. The van der Waals surface area contributed by atoms with Gasteiger partial charge in [-0.25, -0.2) is 19.8 Å². The third kappa shape index (κ3) is 3.47. The summed E-state index contributed by atoms with van der Waals surface area (Å²) in [7, 11) is 0. The highest BCUT2D eigenvalue weighted by Gasteiger charge is 2.21. The van der Waals surface area contributed by atoms with E-state index in [1.54, 1.807) is 12.1 Å². The van der Waals surface area contributed by atoms with E-state index in [0.29, 0.717) is 17.3 Å². The number of fused-ring (bicyclic) bond motifs is 1. The molecule has 136 valence electrons. The van der Waals surface area contributed by atoms with E-state index in [-0.39, 0.29) is 5.41 Å². The molecule has 4 rings (SSSR count). The van der Waals surface area contributed by atoms with E-state index in [4.69, 9.17) is 21.5 Å². The van der Waals surface area contributed by atoms with Crippen LogP contribution in [0, 0.1) is 6.57 Å². The van der Waals surface area contributed by atoms with E-state index in [9.17, 15) is 0 Å². The van der Waals surface area contributed by atoms with Crippen molar-refractivity contribution in [1.29, 1.82) is 0 Å². The van der Waals surface area contributed by atoms with Crippen LogP contribution in [-0.4, -0.2) is 15.0 Å². The fraction of sp³-hybridized carbons (Fsp3) is 0.167. The first-order chi connectivity index (χ1) is 13.4. The summed E-state index contributed by atoms with van der Waals surface area (Å²) in [5.74, 6) is 2.03. The van der Waals surface area contributed by atoms with E-state index in [2.05, 4.69) is 55.9 Å². The Kier molecular flexibility index (Phi) is 4.37. The van der Waals surface area contributed by atoms with Crippen LogP contribution in [0.1, 0.15) is 26.6 Å². The average molecular weight is 364 g/mol. The van der Waals surface area contributed by atoms with Gasteiger partial charge in [-0.1, -0.05) is 81.4 Å². The van der Waals surface area contributed by atoms with Crippen LogP contribution in [0.3, 0.4) is 0 Å². The molecule has 0 bridgehead atoms. The fourth-order valence-electron chi connectivity index (χ4n) is 2.98. The van der Waals surface area contributed by atoms with Gasteiger partial charge in [0.1, 0.15) is 5.82 Å². The quantitative estimate of drug-likeness (QED) is 0.397. The van der Waals surface area contributed by atoms with Crippen molar-refractivity contribution in [3.63, 3.8) is 0 Å². The Hall–Kier alpha value is -3.58. The summed E-state index contributed by atoms with van der Waals surface area (Å²) in [6.07, 6.45) is 0. The van der Waals surface area contributed by atoms with E-state index >= 15 is 0 Å². The molecule has 0 aliphatic heterocycles. The molecule has 0 unspecified atom stereocenters. The van der Waals surface area contributed by atoms with Gasteiger partial charge < -0.3 is 0 Å². The first-order valence-corrected chi connectivity index (χ1v) is 9.18. The molecule has 4 aromatic rings. The molecule has 3 aromatic carbocycles. The molecule has 0 atom stereocenters. The van der Waals surface area contributed by atoms with Crippen molar-refractivity contribution in [2.24, 2.45) is 0 Å². The van der Waals surface area contributed by atoms with Crippen LogP contribution < -0.4 is 0 Å². The maximum Gasteiger partial charge on any atom is 0.187 e. The number of hydrogen-bond donors (Lipinski definition) is 0. The predicted molar refractivity (Wildman–Crippen MR) is 113 cm³/mol. The summed E-state index contributed by atoms with van der Waals surface area (Å²) in [5.41, 5.74) is 2.23. The van der Waals surface area contributed by atoms with Crippen LogP contribution in [0.4, 0.5) is 5.69 Å². The van der Waals surface area contributed by atoms with Crippen molar-refractivity contribution in [1.82, 2.24) is 15.0 Å². The van der Waals surface area contributed by atoms with E-state index in [0.717, 1.165) is 22.3 Å². The Morgan fingerprint density at radius 2 is 1.32 bits per heavy atom. The molecule has 0 amide bonds. The van der Waals surface area contributed by atoms with Crippen LogP contribution in [0.15, 0.2) is 66.7 Å². The lowest BCUT2D eigenvalue weighted by Gasteiger charge is -2.18. The monoisotopic (exact) mass is 364 g/mol. The van der Waals surface area contributed by atoms with Gasteiger partial charge in [0.05, 0.1) is 6.57 Å². The topological polar surface area (TPSA) is 43.0 Å². The molecule has 0 aliphatic rings. The third-order valence-electron chi connectivity index (χ3n) is 4.57. The van der Waals surface area contributed by atoms with Gasteiger partial charge in [0.15, 0.2) is 17.3 Å². The molecule has 0 radical (unpaired) electrons. The van der Waals surface area contributed by atoms with Crippen molar-refractivity contribution >= 4 is 16.5 Å². The van der Waals surface area contributed by atoms with Gasteiger partial charge >= 0.3 is 0 Å². The Balaban J connectivity index is 1.89. The Morgan fingerprint density at radius 3 is 1.96 bits per heavy atom. The van der Waals surface area contributed by atoms with Gasteiger partial charge in [-0.2, -0.15) is 0 Å². The normalized spacial score (nSPS) is 11.4. The number of benzene rings is 3. The van der Waals surface area contributed by atoms with Crippen molar-refractivity contribution in [3.05, 3.63) is 84.0 Å². The lowest BCUT2D eigenvalue weighted by molar-refractivity contribution is 0.543. The Labute approximate surface area is 164 Å². The maximum absolute atomic E-state index is 7.13. The predicted octanol–water partition coefficient (Wildman–Crippen LogP) is 6.21. The molecule has 0 N–H and O–H groups in total. The van der Waals surface area contributed by atoms with E-state index < -0.39 is 0 Å². The van der Waals surface area contributed by atoms with Crippen LogP contribution >= 0.6 is 0 Å². The average Bonchev–Trinajstić information content (AvgIpc) is 2.72. The maximum atomic E-state index is 7.13. The number of hydrogen-bond acceptors (Lipinski definition) is 3. The standard InChI is InChI=1S/C24H20N4/c1-24(2,3)23-27-21(17-11-13-20(25-4)14-12-17)26-22(28-23)19-10-9-16-7-5-6-8-18(16)15-19/h5-15H,1-3H3. The molecule has 1 aromatic heterocycles. The highest BCUT2D eigenvalue weighted by molar-refractivity contribution is 5.86. The summed E-state index contributed by atoms with van der Waals surface area (Å²) >= 11 is 0. The van der Waals surface area contributed by atoms with Gasteiger partial charge in [0.2, 0.25) is 0 Å². The van der Waals surface area contributed by atoms with Crippen molar-refractivity contribution < 1.29 is 0 Å². The zero-order valence-corrected chi connectivity index (χ0v) is 16.1. The lowest BCUT2D eigenvalue weighted by Crippen LogP contribution is -2.18. The van der Waals surface area contributed by atoms with Gasteiger partial charge in [-0.3, -0.25) is 0 Å². The third-order valence-corrected chi connectivity index (χ3v) is 4.57. The number of aromatic nitrogens is 3. The van der Waals surface area contributed by atoms with Gasteiger partial charge in [0.25, 0.3) is 0 Å². The summed E-state index contributed by atoms with van der Waals surface area (Å²) in [6.45, 7) is 13.4. The van der Waals surface area contributed by atoms with Gasteiger partial charge in [-0.15, -0.1) is 0 Å². The Morgan fingerprint density at radius 1 is 0.714 bits per heavy atom.